The Morgan fingerprint density at radius 2 is 2.12 bits per heavy atom. The number of methoxy groups -OCH3 is 1. The minimum atomic E-state index is -0.459. The lowest BCUT2D eigenvalue weighted by Gasteiger charge is -2.34. The molecule has 1 aliphatic heterocycles. The standard InChI is InChI=1S/C17H25N3O4S.ClH/c1-17(5-7-18-8-6-17)12-19-16(21)11-25-10-13-3-4-15(24-2)14(9-13)20(22)23;/h3-4,9,18H,5-8,10-12H2,1-2H3,(H,19,21);1H. The summed E-state index contributed by atoms with van der Waals surface area (Å²) in [5.41, 5.74) is 0.918. The molecule has 26 heavy (non-hydrogen) atoms. The molecule has 146 valence electrons. The van der Waals surface area contributed by atoms with Crippen molar-refractivity contribution in [2.45, 2.75) is 25.5 Å². The van der Waals surface area contributed by atoms with Gasteiger partial charge in [0.15, 0.2) is 5.75 Å². The summed E-state index contributed by atoms with van der Waals surface area (Å²) in [5.74, 6) is 1.13. The number of nitro benzene ring substituents is 1. The van der Waals surface area contributed by atoms with Gasteiger partial charge in [-0.15, -0.1) is 24.2 Å². The van der Waals surface area contributed by atoms with Gasteiger partial charge in [0, 0.05) is 18.4 Å². The zero-order valence-electron chi connectivity index (χ0n) is 15.1. The van der Waals surface area contributed by atoms with E-state index in [9.17, 15) is 14.9 Å². The van der Waals surface area contributed by atoms with E-state index in [-0.39, 0.29) is 35.2 Å². The molecule has 0 unspecified atom stereocenters. The van der Waals surface area contributed by atoms with Crippen LogP contribution in [0.25, 0.3) is 0 Å². The highest BCUT2D eigenvalue weighted by Gasteiger charge is 2.26. The fraction of sp³-hybridized carbons (Fsp3) is 0.588. The zero-order valence-corrected chi connectivity index (χ0v) is 16.7. The largest absolute Gasteiger partial charge is 0.490 e. The van der Waals surface area contributed by atoms with E-state index >= 15 is 0 Å². The molecule has 1 aromatic carbocycles. The molecule has 0 saturated carbocycles. The third-order valence-electron chi connectivity index (χ3n) is 4.46. The van der Waals surface area contributed by atoms with Crippen LogP contribution in [0.5, 0.6) is 5.75 Å². The van der Waals surface area contributed by atoms with Crippen LogP contribution in [0.1, 0.15) is 25.3 Å². The highest BCUT2D eigenvalue weighted by molar-refractivity contribution is 7.99. The molecule has 1 aliphatic rings. The Morgan fingerprint density at radius 3 is 2.73 bits per heavy atom. The predicted octanol–water partition coefficient (Wildman–Crippen LogP) is 2.76. The van der Waals surface area contributed by atoms with Crippen LogP contribution < -0.4 is 15.4 Å². The van der Waals surface area contributed by atoms with Gasteiger partial charge in [-0.1, -0.05) is 13.0 Å². The van der Waals surface area contributed by atoms with Gasteiger partial charge >= 0.3 is 5.69 Å². The van der Waals surface area contributed by atoms with Gasteiger partial charge in [0.05, 0.1) is 17.8 Å². The van der Waals surface area contributed by atoms with Gasteiger partial charge in [-0.3, -0.25) is 14.9 Å². The molecule has 1 aromatic rings. The number of ether oxygens (including phenoxy) is 1. The van der Waals surface area contributed by atoms with Crippen LogP contribution in [0.15, 0.2) is 18.2 Å². The van der Waals surface area contributed by atoms with Gasteiger partial charge in [0.1, 0.15) is 0 Å². The number of hydrogen-bond acceptors (Lipinski definition) is 6. The number of piperidine rings is 1. The van der Waals surface area contributed by atoms with Crippen LogP contribution in [-0.2, 0) is 10.5 Å². The highest BCUT2D eigenvalue weighted by atomic mass is 35.5. The maximum Gasteiger partial charge on any atom is 0.311 e. The second-order valence-electron chi connectivity index (χ2n) is 6.59. The molecule has 0 radical (unpaired) electrons. The number of hydrogen-bond donors (Lipinski definition) is 2. The number of halogens is 1. The molecule has 7 nitrogen and oxygen atoms in total. The number of amides is 1. The van der Waals surface area contributed by atoms with Crippen molar-refractivity contribution in [3.63, 3.8) is 0 Å². The maximum absolute atomic E-state index is 12.0. The first-order valence-corrected chi connectivity index (χ1v) is 9.45. The van der Waals surface area contributed by atoms with E-state index in [1.165, 1.54) is 24.9 Å². The predicted molar refractivity (Wildman–Crippen MR) is 106 cm³/mol. The second-order valence-corrected chi connectivity index (χ2v) is 7.58. The fourth-order valence-corrected chi connectivity index (χ4v) is 3.60. The summed E-state index contributed by atoms with van der Waals surface area (Å²) in [6.45, 7) is 4.90. The number of carbonyl (C=O) groups is 1. The van der Waals surface area contributed by atoms with Crippen molar-refractivity contribution in [1.29, 1.82) is 0 Å². The van der Waals surface area contributed by atoms with E-state index in [2.05, 4.69) is 17.6 Å². The van der Waals surface area contributed by atoms with Crippen molar-refractivity contribution in [1.82, 2.24) is 10.6 Å². The number of benzene rings is 1. The first-order valence-electron chi connectivity index (χ1n) is 8.30. The normalized spacial score (nSPS) is 15.6. The lowest BCUT2D eigenvalue weighted by molar-refractivity contribution is -0.385. The van der Waals surface area contributed by atoms with Crippen molar-refractivity contribution < 1.29 is 14.5 Å². The van der Waals surface area contributed by atoms with Crippen LogP contribution in [0, 0.1) is 15.5 Å². The Labute approximate surface area is 164 Å². The van der Waals surface area contributed by atoms with Crippen molar-refractivity contribution in [2.24, 2.45) is 5.41 Å². The molecule has 2 rings (SSSR count). The van der Waals surface area contributed by atoms with Crippen molar-refractivity contribution in [3.05, 3.63) is 33.9 Å². The molecule has 0 aliphatic carbocycles. The molecule has 1 heterocycles. The van der Waals surface area contributed by atoms with Gasteiger partial charge in [-0.2, -0.15) is 0 Å². The van der Waals surface area contributed by atoms with Crippen LogP contribution >= 0.6 is 24.2 Å². The number of carbonyl (C=O) groups excluding carboxylic acids is 1. The molecule has 9 heteroatoms. The first kappa shape index (κ1) is 22.5. The third kappa shape index (κ3) is 6.66. The zero-order chi connectivity index (χ0) is 18.3. The van der Waals surface area contributed by atoms with Gasteiger partial charge in [-0.05, 0) is 43.0 Å². The van der Waals surface area contributed by atoms with Gasteiger partial charge in [0.2, 0.25) is 5.91 Å². The molecule has 0 aromatic heterocycles. The fourth-order valence-electron chi connectivity index (χ4n) is 2.80. The summed E-state index contributed by atoms with van der Waals surface area (Å²) >= 11 is 1.45. The summed E-state index contributed by atoms with van der Waals surface area (Å²) in [4.78, 5) is 22.6. The Hall–Kier alpha value is -1.51. The topological polar surface area (TPSA) is 93.5 Å². The molecule has 1 saturated heterocycles. The number of nitro groups is 1. The summed E-state index contributed by atoms with van der Waals surface area (Å²) < 4.78 is 4.99. The number of thioether (sulfide) groups is 1. The van der Waals surface area contributed by atoms with E-state index in [0.29, 0.717) is 18.1 Å². The molecule has 0 spiro atoms. The molecule has 2 N–H and O–H groups in total. The van der Waals surface area contributed by atoms with E-state index in [4.69, 9.17) is 4.74 Å². The number of rotatable bonds is 8. The van der Waals surface area contributed by atoms with E-state index in [1.54, 1.807) is 12.1 Å². The Kier molecular flexibility index (Phi) is 9.18. The van der Waals surface area contributed by atoms with E-state index in [0.717, 1.165) is 31.5 Å². The molecular formula is C17H26ClN3O4S. The van der Waals surface area contributed by atoms with Crippen LogP contribution in [0.4, 0.5) is 5.69 Å². The molecular weight excluding hydrogens is 378 g/mol. The molecule has 0 bridgehead atoms. The van der Waals surface area contributed by atoms with Crippen LogP contribution in [0.3, 0.4) is 0 Å². The minimum Gasteiger partial charge on any atom is -0.490 e. The van der Waals surface area contributed by atoms with E-state index < -0.39 is 4.92 Å². The smallest absolute Gasteiger partial charge is 0.311 e. The highest BCUT2D eigenvalue weighted by Crippen LogP contribution is 2.29. The van der Waals surface area contributed by atoms with Crippen LogP contribution in [-0.4, -0.2) is 43.3 Å². The Morgan fingerprint density at radius 1 is 1.42 bits per heavy atom. The maximum atomic E-state index is 12.0. The quantitative estimate of drug-likeness (QED) is 0.512. The van der Waals surface area contributed by atoms with Crippen molar-refractivity contribution in [3.8, 4) is 5.75 Å². The van der Waals surface area contributed by atoms with Gasteiger partial charge in [0.25, 0.3) is 0 Å². The summed E-state index contributed by atoms with van der Waals surface area (Å²) in [7, 11) is 1.41. The molecule has 1 fully saturated rings. The molecule has 0 atom stereocenters. The number of nitrogens with one attached hydrogen (secondary N) is 2. The average molecular weight is 404 g/mol. The Bertz CT molecular complexity index is 624. The lowest BCUT2D eigenvalue weighted by atomic mass is 9.81. The van der Waals surface area contributed by atoms with E-state index in [1.807, 2.05) is 0 Å². The summed E-state index contributed by atoms with van der Waals surface area (Å²) in [6.07, 6.45) is 2.13. The van der Waals surface area contributed by atoms with Gasteiger partial charge < -0.3 is 15.4 Å². The first-order chi connectivity index (χ1) is 11.9. The Balaban J connectivity index is 0.00000338. The van der Waals surface area contributed by atoms with Crippen LogP contribution in [0.2, 0.25) is 0 Å². The SMILES string of the molecule is COc1ccc(CSCC(=O)NCC2(C)CCNCC2)cc1[N+](=O)[O-].Cl. The average Bonchev–Trinajstić information content (AvgIpc) is 2.60. The summed E-state index contributed by atoms with van der Waals surface area (Å²) in [6, 6.07) is 4.87. The second kappa shape index (κ2) is 10.6. The monoisotopic (exact) mass is 403 g/mol. The van der Waals surface area contributed by atoms with Crippen molar-refractivity contribution in [2.75, 3.05) is 32.5 Å². The minimum absolute atomic E-state index is 0. The summed E-state index contributed by atoms with van der Waals surface area (Å²) in [5, 5.41) is 17.4. The third-order valence-corrected chi connectivity index (χ3v) is 5.47. The number of nitrogens with zero attached hydrogens (tertiary/aromatic N) is 1. The molecule has 1 amide bonds. The van der Waals surface area contributed by atoms with Gasteiger partial charge in [-0.25, -0.2) is 0 Å². The van der Waals surface area contributed by atoms with Crippen molar-refractivity contribution >= 4 is 35.8 Å². The lowest BCUT2D eigenvalue weighted by Crippen LogP contribution is -2.43.